The number of nitrogens with zero attached hydrogens (tertiary/aromatic N) is 6. The third-order valence-corrected chi connectivity index (χ3v) is 6.61. The highest BCUT2D eigenvalue weighted by atomic mass is 16.3. The normalized spacial score (nSPS) is 17.5. The number of nitroso groups, excluding NO2 is 1. The third-order valence-electron chi connectivity index (χ3n) is 6.61. The maximum atomic E-state index is 13.2. The first-order valence-corrected chi connectivity index (χ1v) is 12.4. The van der Waals surface area contributed by atoms with Gasteiger partial charge in [-0.2, -0.15) is 5.26 Å². The van der Waals surface area contributed by atoms with Gasteiger partial charge >= 0.3 is 0 Å². The van der Waals surface area contributed by atoms with E-state index in [9.17, 15) is 9.70 Å². The maximum absolute atomic E-state index is 13.2. The third kappa shape index (κ3) is 5.62. The fraction of sp³-hybridized carbons (Fsp3) is 0.462. The summed E-state index contributed by atoms with van der Waals surface area (Å²) in [4.78, 5) is 33.1. The van der Waals surface area contributed by atoms with Crippen LogP contribution in [0, 0.1) is 22.2 Å². The van der Waals surface area contributed by atoms with Gasteiger partial charge in [-0.25, -0.2) is 9.97 Å². The van der Waals surface area contributed by atoms with Crippen molar-refractivity contribution >= 4 is 22.6 Å². The van der Waals surface area contributed by atoms with Gasteiger partial charge in [0.2, 0.25) is 0 Å². The van der Waals surface area contributed by atoms with Gasteiger partial charge in [0.25, 0.3) is 5.91 Å². The molecule has 4 rings (SSSR count). The van der Waals surface area contributed by atoms with E-state index in [1.165, 1.54) is 6.20 Å². The summed E-state index contributed by atoms with van der Waals surface area (Å²) >= 11 is 0. The van der Waals surface area contributed by atoms with Gasteiger partial charge in [0.1, 0.15) is 17.5 Å². The Morgan fingerprint density at radius 2 is 2.03 bits per heavy atom. The van der Waals surface area contributed by atoms with Gasteiger partial charge < -0.3 is 10.6 Å². The molecule has 0 aliphatic heterocycles. The van der Waals surface area contributed by atoms with Gasteiger partial charge in [-0.1, -0.05) is 0 Å². The number of carbonyl (C=O) groups excluding carboxylic acids is 1. The lowest BCUT2D eigenvalue weighted by Gasteiger charge is -2.31. The molecule has 0 unspecified atom stereocenters. The van der Waals surface area contributed by atoms with Crippen molar-refractivity contribution in [1.29, 1.82) is 5.26 Å². The predicted molar refractivity (Wildman–Crippen MR) is 139 cm³/mol. The number of amides is 1. The van der Waals surface area contributed by atoms with E-state index < -0.39 is 0 Å². The Bertz CT molecular complexity index is 1270. The van der Waals surface area contributed by atoms with Crippen molar-refractivity contribution in [3.63, 3.8) is 0 Å². The van der Waals surface area contributed by atoms with Gasteiger partial charge in [0, 0.05) is 55.2 Å². The molecule has 10 nitrogen and oxygen atoms in total. The van der Waals surface area contributed by atoms with Crippen molar-refractivity contribution in [3.05, 3.63) is 52.8 Å². The Balaban J connectivity index is 1.50. The molecule has 1 amide bonds. The molecule has 3 aromatic rings. The topological polar surface area (TPSA) is 128 Å². The number of pyridine rings is 2. The average Bonchev–Trinajstić information content (AvgIpc) is 3.31. The zero-order chi connectivity index (χ0) is 25.7. The summed E-state index contributed by atoms with van der Waals surface area (Å²) in [5.74, 6) is 0.899. The molecule has 0 atom stereocenters. The number of nitrogens with one attached hydrogen (secondary N) is 2. The quantitative estimate of drug-likeness (QED) is 0.337. The van der Waals surface area contributed by atoms with Crippen LogP contribution in [-0.4, -0.2) is 50.6 Å². The molecule has 1 saturated carbocycles. The van der Waals surface area contributed by atoms with E-state index in [-0.39, 0.29) is 18.0 Å². The van der Waals surface area contributed by atoms with Crippen LogP contribution in [0.15, 0.2) is 42.1 Å². The van der Waals surface area contributed by atoms with Gasteiger partial charge in [0.05, 0.1) is 22.1 Å². The molecule has 1 aliphatic carbocycles. The van der Waals surface area contributed by atoms with Crippen LogP contribution in [0.1, 0.15) is 62.4 Å². The number of rotatable bonds is 9. The molecular weight excluding hydrogens is 456 g/mol. The minimum Gasteiger partial charge on any atom is -0.382 e. The molecule has 0 saturated heterocycles. The van der Waals surface area contributed by atoms with E-state index in [4.69, 9.17) is 5.26 Å². The summed E-state index contributed by atoms with van der Waals surface area (Å²) in [7, 11) is 0. The number of anilines is 1. The second-order valence-corrected chi connectivity index (χ2v) is 9.60. The minimum absolute atomic E-state index is 0.0894. The number of fused-ring (bicyclic) bond motifs is 1. The summed E-state index contributed by atoms with van der Waals surface area (Å²) in [5, 5.41) is 21.2. The number of hydrogen-bond acceptors (Lipinski definition) is 7. The lowest BCUT2D eigenvalue weighted by atomic mass is 9.85. The molecule has 2 N–H and O–H groups in total. The smallest absolute Gasteiger partial charge is 0.255 e. The van der Waals surface area contributed by atoms with Crippen LogP contribution in [0.2, 0.25) is 0 Å². The Morgan fingerprint density at radius 1 is 1.25 bits per heavy atom. The fourth-order valence-corrected chi connectivity index (χ4v) is 4.73. The van der Waals surface area contributed by atoms with E-state index in [0.29, 0.717) is 47.3 Å². The molecule has 0 aromatic carbocycles. The number of nitriles is 1. The maximum Gasteiger partial charge on any atom is 0.255 e. The molecule has 3 heterocycles. The molecule has 1 fully saturated rings. The number of aromatic nitrogens is 3. The lowest BCUT2D eigenvalue weighted by Crippen LogP contribution is -2.39. The molecular formula is C26H32N8O2. The van der Waals surface area contributed by atoms with E-state index in [1.807, 2.05) is 43.7 Å². The van der Waals surface area contributed by atoms with Crippen molar-refractivity contribution in [2.24, 2.45) is 11.2 Å². The van der Waals surface area contributed by atoms with Crippen molar-refractivity contribution in [3.8, 4) is 11.9 Å². The summed E-state index contributed by atoms with van der Waals surface area (Å²) < 4.78 is 1.85. The zero-order valence-corrected chi connectivity index (χ0v) is 20.9. The van der Waals surface area contributed by atoms with Crippen molar-refractivity contribution in [2.75, 3.05) is 18.4 Å². The van der Waals surface area contributed by atoms with Crippen molar-refractivity contribution in [1.82, 2.24) is 24.9 Å². The van der Waals surface area contributed by atoms with E-state index in [2.05, 4.69) is 32.0 Å². The molecule has 0 radical (unpaired) electrons. The van der Waals surface area contributed by atoms with E-state index >= 15 is 0 Å². The highest BCUT2D eigenvalue weighted by Crippen LogP contribution is 2.27. The van der Waals surface area contributed by atoms with E-state index in [1.54, 1.807) is 17.3 Å². The molecule has 0 spiro atoms. The summed E-state index contributed by atoms with van der Waals surface area (Å²) in [6, 6.07) is 7.85. The van der Waals surface area contributed by atoms with Gasteiger partial charge in [-0.3, -0.25) is 14.4 Å². The zero-order valence-electron chi connectivity index (χ0n) is 20.9. The van der Waals surface area contributed by atoms with Crippen LogP contribution >= 0.6 is 0 Å². The van der Waals surface area contributed by atoms with Crippen LogP contribution in [0.25, 0.3) is 16.9 Å². The van der Waals surface area contributed by atoms with Crippen molar-refractivity contribution < 1.29 is 4.79 Å². The molecule has 188 valence electrons. The predicted octanol–water partition coefficient (Wildman–Crippen LogP) is 4.40. The van der Waals surface area contributed by atoms with Crippen molar-refractivity contribution in [2.45, 2.75) is 58.5 Å². The molecule has 0 bridgehead atoms. The first-order chi connectivity index (χ1) is 17.4. The Labute approximate surface area is 210 Å². The first-order valence-electron chi connectivity index (χ1n) is 12.4. The van der Waals surface area contributed by atoms with Crippen LogP contribution < -0.4 is 10.6 Å². The highest BCUT2D eigenvalue weighted by molar-refractivity contribution is 5.99. The van der Waals surface area contributed by atoms with Crippen LogP contribution in [0.3, 0.4) is 0 Å². The first kappa shape index (κ1) is 25.1. The molecule has 10 heteroatoms. The molecule has 3 aromatic heterocycles. The van der Waals surface area contributed by atoms with Crippen LogP contribution in [0.4, 0.5) is 5.69 Å². The summed E-state index contributed by atoms with van der Waals surface area (Å²) in [6.07, 6.45) is 8.65. The minimum atomic E-state index is -0.153. The number of carbonyl (C=O) groups is 1. The molecule has 1 aliphatic rings. The van der Waals surface area contributed by atoms with Gasteiger partial charge in [0.15, 0.2) is 0 Å². The van der Waals surface area contributed by atoms with Gasteiger partial charge in [-0.15, -0.1) is 4.91 Å². The Hall–Kier alpha value is -4.00. The monoisotopic (exact) mass is 488 g/mol. The number of hydrogen-bond donors (Lipinski definition) is 2. The van der Waals surface area contributed by atoms with Gasteiger partial charge in [-0.05, 0) is 64.5 Å². The van der Waals surface area contributed by atoms with E-state index in [0.717, 1.165) is 31.1 Å². The Kier molecular flexibility index (Phi) is 7.78. The second-order valence-electron chi connectivity index (χ2n) is 9.60. The summed E-state index contributed by atoms with van der Waals surface area (Å²) in [5.41, 5.74) is 2.39. The molecule has 36 heavy (non-hydrogen) atoms. The Morgan fingerprint density at radius 3 is 2.69 bits per heavy atom. The lowest BCUT2D eigenvalue weighted by molar-refractivity contribution is 0.0917. The summed E-state index contributed by atoms with van der Waals surface area (Å²) in [6.45, 7) is 7.26. The van der Waals surface area contributed by atoms with Crippen LogP contribution in [-0.2, 0) is 0 Å². The average molecular weight is 489 g/mol. The standard InChI is InChI=1S/C26H32N8O2/c1-4-33(32-36)16-18-5-7-21(8-6-18)31-26(35)22-15-28-24(12-23(22)30-17(2)3)34-10-9-20-11-19(13-27)14-29-25(20)34/h9-12,14-15,17-18,21H,4-8,16H2,1-3H3,(H,28,30)(H,31,35). The fourth-order valence-electron chi connectivity index (χ4n) is 4.73. The largest absolute Gasteiger partial charge is 0.382 e. The van der Waals surface area contributed by atoms with Crippen LogP contribution in [0.5, 0.6) is 0 Å². The highest BCUT2D eigenvalue weighted by Gasteiger charge is 2.25. The second kappa shape index (κ2) is 11.2. The SMILES string of the molecule is CCN(CC1CCC(NC(=O)c2cnc(-n3ccc4cc(C#N)cnc43)cc2NC(C)C)CC1)N=O.